The molecule has 2 unspecified atom stereocenters. The number of carbonyl (C=O) groups is 1. The lowest BCUT2D eigenvalue weighted by atomic mass is 9.99. The largest absolute Gasteiger partial charge is 0.481 e. The smallest absolute Gasteiger partial charge is 0.308 e. The van der Waals surface area contributed by atoms with E-state index < -0.39 is 21.9 Å². The molecule has 1 rings (SSSR count). The molecule has 17 heavy (non-hydrogen) atoms. The average molecular weight is 265 g/mol. The Morgan fingerprint density at radius 2 is 2.12 bits per heavy atom. The Morgan fingerprint density at radius 1 is 1.47 bits per heavy atom. The van der Waals surface area contributed by atoms with Crippen LogP contribution in [0.3, 0.4) is 0 Å². The number of carboxylic acids is 1. The van der Waals surface area contributed by atoms with Crippen LogP contribution < -0.4 is 0 Å². The molecule has 1 N–H and O–H groups in total. The molecule has 7 heteroatoms. The minimum atomic E-state index is -3.39. The van der Waals surface area contributed by atoms with Gasteiger partial charge in [0.25, 0.3) is 0 Å². The van der Waals surface area contributed by atoms with Crippen LogP contribution in [0.4, 0.5) is 0 Å². The molecule has 0 aromatic carbocycles. The van der Waals surface area contributed by atoms with E-state index in [-0.39, 0.29) is 31.4 Å². The molecule has 6 nitrogen and oxygen atoms in total. The highest BCUT2D eigenvalue weighted by Gasteiger charge is 2.39. The summed E-state index contributed by atoms with van der Waals surface area (Å²) in [7, 11) is -3.39. The molecule has 0 saturated carbocycles. The highest BCUT2D eigenvalue weighted by molar-refractivity contribution is 7.89. The Labute approximate surface area is 102 Å². The molecule has 0 amide bonds. The summed E-state index contributed by atoms with van der Waals surface area (Å²) >= 11 is 0. The van der Waals surface area contributed by atoms with E-state index in [1.807, 2.05) is 0 Å². The third kappa shape index (κ3) is 3.65. The Balaban J connectivity index is 2.60. The molecule has 0 aliphatic carbocycles. The third-order valence-electron chi connectivity index (χ3n) is 2.98. The maximum atomic E-state index is 11.9. The van der Waals surface area contributed by atoms with E-state index in [1.54, 1.807) is 13.8 Å². The third-order valence-corrected chi connectivity index (χ3v) is 4.75. The second kappa shape index (κ2) is 5.79. The van der Waals surface area contributed by atoms with E-state index in [4.69, 9.17) is 9.84 Å². The molecule has 100 valence electrons. The zero-order chi connectivity index (χ0) is 13.1. The normalized spacial score (nSPS) is 26.2. The van der Waals surface area contributed by atoms with Crippen LogP contribution in [0.2, 0.25) is 0 Å². The Hall–Kier alpha value is -0.660. The maximum absolute atomic E-state index is 11.9. The first kappa shape index (κ1) is 14.4. The van der Waals surface area contributed by atoms with Crippen molar-refractivity contribution in [2.24, 2.45) is 11.8 Å². The van der Waals surface area contributed by atoms with Crippen molar-refractivity contribution < 1.29 is 23.1 Å². The lowest BCUT2D eigenvalue weighted by Gasteiger charge is -2.15. The van der Waals surface area contributed by atoms with Gasteiger partial charge in [0.2, 0.25) is 10.0 Å². The van der Waals surface area contributed by atoms with E-state index in [2.05, 4.69) is 0 Å². The van der Waals surface area contributed by atoms with Gasteiger partial charge < -0.3 is 9.84 Å². The summed E-state index contributed by atoms with van der Waals surface area (Å²) in [4.78, 5) is 10.9. The zero-order valence-electron chi connectivity index (χ0n) is 10.1. The summed E-state index contributed by atoms with van der Waals surface area (Å²) in [5.74, 6) is -1.76. The first-order valence-corrected chi connectivity index (χ1v) is 7.27. The predicted molar refractivity (Wildman–Crippen MR) is 62.1 cm³/mol. The van der Waals surface area contributed by atoms with Gasteiger partial charge in [-0.3, -0.25) is 4.79 Å². The molecule has 1 saturated heterocycles. The van der Waals surface area contributed by atoms with Crippen LogP contribution in [-0.4, -0.2) is 55.9 Å². The number of hydrogen-bond donors (Lipinski definition) is 1. The van der Waals surface area contributed by atoms with Crippen molar-refractivity contribution in [3.8, 4) is 0 Å². The van der Waals surface area contributed by atoms with Gasteiger partial charge in [-0.25, -0.2) is 12.7 Å². The van der Waals surface area contributed by atoms with Gasteiger partial charge in [0.15, 0.2) is 0 Å². The quantitative estimate of drug-likeness (QED) is 0.684. The van der Waals surface area contributed by atoms with Crippen molar-refractivity contribution in [1.29, 1.82) is 0 Å². The maximum Gasteiger partial charge on any atom is 0.308 e. The number of hydrogen-bond acceptors (Lipinski definition) is 4. The lowest BCUT2D eigenvalue weighted by Crippen LogP contribution is -2.33. The van der Waals surface area contributed by atoms with Crippen molar-refractivity contribution in [2.75, 3.05) is 32.1 Å². The highest BCUT2D eigenvalue weighted by atomic mass is 32.2. The zero-order valence-corrected chi connectivity index (χ0v) is 10.9. The first-order chi connectivity index (χ1) is 7.88. The number of ether oxygens (including phenoxy) is 1. The van der Waals surface area contributed by atoms with Gasteiger partial charge in [-0.2, -0.15) is 0 Å². The van der Waals surface area contributed by atoms with Gasteiger partial charge in [0.05, 0.1) is 18.3 Å². The molecular weight excluding hydrogens is 246 g/mol. The summed E-state index contributed by atoms with van der Waals surface area (Å²) in [5.41, 5.74) is 0. The molecular formula is C10H19NO5S. The van der Waals surface area contributed by atoms with Crippen LogP contribution >= 0.6 is 0 Å². The van der Waals surface area contributed by atoms with Gasteiger partial charge >= 0.3 is 5.97 Å². The average Bonchev–Trinajstić information content (AvgIpc) is 2.61. The summed E-state index contributed by atoms with van der Waals surface area (Å²) in [6, 6.07) is 0. The fourth-order valence-electron chi connectivity index (χ4n) is 1.91. The fourth-order valence-corrected chi connectivity index (χ4v) is 3.35. The Bertz CT molecular complexity index is 367. The predicted octanol–water partition coefficient (Wildman–Crippen LogP) is 0.00520. The first-order valence-electron chi connectivity index (χ1n) is 5.67. The molecule has 0 spiro atoms. The number of nitrogens with zero attached hydrogens (tertiary/aromatic N) is 1. The van der Waals surface area contributed by atoms with E-state index in [0.717, 1.165) is 0 Å². The van der Waals surface area contributed by atoms with Gasteiger partial charge in [-0.15, -0.1) is 0 Å². The highest BCUT2D eigenvalue weighted by Crippen LogP contribution is 2.25. The lowest BCUT2D eigenvalue weighted by molar-refractivity contribution is -0.142. The second-order valence-corrected chi connectivity index (χ2v) is 6.34. The van der Waals surface area contributed by atoms with Gasteiger partial charge in [0, 0.05) is 19.7 Å². The molecule has 1 heterocycles. The van der Waals surface area contributed by atoms with E-state index in [0.29, 0.717) is 6.61 Å². The SMILES string of the molecule is CCOCCS(=O)(=O)N1CC(C)C(C(=O)O)C1. The van der Waals surface area contributed by atoms with Crippen molar-refractivity contribution in [1.82, 2.24) is 4.31 Å². The summed E-state index contributed by atoms with van der Waals surface area (Å²) < 4.78 is 30.0. The van der Waals surface area contributed by atoms with Crippen molar-refractivity contribution in [2.45, 2.75) is 13.8 Å². The molecule has 2 atom stereocenters. The van der Waals surface area contributed by atoms with Gasteiger partial charge in [-0.1, -0.05) is 6.92 Å². The van der Waals surface area contributed by atoms with Crippen LogP contribution in [0, 0.1) is 11.8 Å². The van der Waals surface area contributed by atoms with E-state index >= 15 is 0 Å². The fraction of sp³-hybridized carbons (Fsp3) is 0.900. The summed E-state index contributed by atoms with van der Waals surface area (Å²) in [6.45, 7) is 4.55. The Kier molecular flexibility index (Phi) is 4.91. The number of sulfonamides is 1. The topological polar surface area (TPSA) is 83.9 Å². The van der Waals surface area contributed by atoms with Crippen molar-refractivity contribution >= 4 is 16.0 Å². The molecule has 1 fully saturated rings. The second-order valence-electron chi connectivity index (χ2n) is 4.25. The summed E-state index contributed by atoms with van der Waals surface area (Å²) in [6.07, 6.45) is 0. The summed E-state index contributed by atoms with van der Waals surface area (Å²) in [5, 5.41) is 8.94. The molecule has 0 aromatic heterocycles. The number of rotatable bonds is 6. The van der Waals surface area contributed by atoms with Gasteiger partial charge in [0.1, 0.15) is 0 Å². The van der Waals surface area contributed by atoms with Crippen LogP contribution in [-0.2, 0) is 19.6 Å². The standard InChI is InChI=1S/C10H19NO5S/c1-3-16-4-5-17(14,15)11-6-8(2)9(7-11)10(12)13/h8-9H,3-7H2,1-2H3,(H,12,13). The minimum Gasteiger partial charge on any atom is -0.481 e. The Morgan fingerprint density at radius 3 is 2.59 bits per heavy atom. The number of carboxylic acid groups (broad SMARTS) is 1. The van der Waals surface area contributed by atoms with E-state index in [9.17, 15) is 13.2 Å². The molecule has 1 aliphatic rings. The number of aliphatic carboxylic acids is 1. The van der Waals surface area contributed by atoms with Crippen molar-refractivity contribution in [3.05, 3.63) is 0 Å². The van der Waals surface area contributed by atoms with Crippen LogP contribution in [0.1, 0.15) is 13.8 Å². The van der Waals surface area contributed by atoms with Gasteiger partial charge in [-0.05, 0) is 12.8 Å². The van der Waals surface area contributed by atoms with Crippen molar-refractivity contribution in [3.63, 3.8) is 0 Å². The molecule has 0 bridgehead atoms. The molecule has 0 radical (unpaired) electrons. The minimum absolute atomic E-state index is 0.0744. The molecule has 1 aliphatic heterocycles. The van der Waals surface area contributed by atoms with Crippen LogP contribution in [0.25, 0.3) is 0 Å². The monoisotopic (exact) mass is 265 g/mol. The van der Waals surface area contributed by atoms with Crippen LogP contribution in [0.15, 0.2) is 0 Å². The van der Waals surface area contributed by atoms with Crippen LogP contribution in [0.5, 0.6) is 0 Å². The molecule has 0 aromatic rings. The van der Waals surface area contributed by atoms with E-state index in [1.165, 1.54) is 4.31 Å².